The average Bonchev–Trinajstić information content (AvgIpc) is 3.15. The molecular weight excluding hydrogens is 240 g/mol. The second kappa shape index (κ2) is 4.81. The van der Waals surface area contributed by atoms with Gasteiger partial charge in [-0.1, -0.05) is 0 Å². The Hall–Kier alpha value is -1.62. The van der Waals surface area contributed by atoms with E-state index in [1.165, 1.54) is 12.8 Å². The van der Waals surface area contributed by atoms with Crippen LogP contribution >= 0.6 is 0 Å². The van der Waals surface area contributed by atoms with Crippen LogP contribution in [0.5, 0.6) is 0 Å². The minimum absolute atomic E-state index is 0.0315. The number of rotatable bonds is 5. The standard InChI is InChI=1S/C14H20N4O/c1-10-9-13-14(19)17(7-8-18(13)16-10)6-5-15-11(2)12-3-4-12/h7-9,11-12,15H,3-6H2,1-2H3. The van der Waals surface area contributed by atoms with Gasteiger partial charge in [0.05, 0.1) is 5.69 Å². The first-order valence-corrected chi connectivity index (χ1v) is 6.94. The molecule has 19 heavy (non-hydrogen) atoms. The maximum atomic E-state index is 12.2. The van der Waals surface area contributed by atoms with Crippen molar-refractivity contribution in [2.45, 2.75) is 39.3 Å². The summed E-state index contributed by atoms with van der Waals surface area (Å²) in [7, 11) is 0. The Morgan fingerprint density at radius 3 is 3.00 bits per heavy atom. The molecule has 0 amide bonds. The van der Waals surface area contributed by atoms with Crippen LogP contribution in [0.3, 0.4) is 0 Å². The molecule has 1 aliphatic carbocycles. The summed E-state index contributed by atoms with van der Waals surface area (Å²) in [6, 6.07) is 2.40. The second-order valence-corrected chi connectivity index (χ2v) is 5.49. The fraction of sp³-hybridized carbons (Fsp3) is 0.571. The molecule has 1 aliphatic rings. The molecule has 102 valence electrons. The van der Waals surface area contributed by atoms with Crippen LogP contribution in [-0.2, 0) is 6.54 Å². The molecule has 1 unspecified atom stereocenters. The van der Waals surface area contributed by atoms with Gasteiger partial charge in [-0.3, -0.25) is 4.79 Å². The van der Waals surface area contributed by atoms with Gasteiger partial charge >= 0.3 is 0 Å². The van der Waals surface area contributed by atoms with Gasteiger partial charge < -0.3 is 9.88 Å². The van der Waals surface area contributed by atoms with E-state index in [2.05, 4.69) is 17.3 Å². The van der Waals surface area contributed by atoms with E-state index in [0.717, 1.165) is 18.2 Å². The number of aromatic nitrogens is 3. The molecule has 0 bridgehead atoms. The Labute approximate surface area is 112 Å². The first-order chi connectivity index (χ1) is 9.15. The fourth-order valence-electron chi connectivity index (χ4n) is 2.50. The maximum absolute atomic E-state index is 12.2. The highest BCUT2D eigenvalue weighted by Crippen LogP contribution is 2.32. The first kappa shape index (κ1) is 12.4. The average molecular weight is 260 g/mol. The minimum atomic E-state index is 0.0315. The summed E-state index contributed by atoms with van der Waals surface area (Å²) < 4.78 is 3.40. The van der Waals surface area contributed by atoms with E-state index in [9.17, 15) is 4.79 Å². The third kappa shape index (κ3) is 2.56. The molecule has 0 spiro atoms. The van der Waals surface area contributed by atoms with Crippen molar-refractivity contribution in [3.63, 3.8) is 0 Å². The van der Waals surface area contributed by atoms with Crippen LogP contribution in [0.15, 0.2) is 23.3 Å². The zero-order chi connectivity index (χ0) is 13.4. The third-order valence-corrected chi connectivity index (χ3v) is 3.87. The normalized spacial score (nSPS) is 16.9. The summed E-state index contributed by atoms with van der Waals surface area (Å²) >= 11 is 0. The van der Waals surface area contributed by atoms with Gasteiger partial charge in [0, 0.05) is 31.5 Å². The lowest BCUT2D eigenvalue weighted by atomic mass is 10.2. The summed E-state index contributed by atoms with van der Waals surface area (Å²) in [6.45, 7) is 5.66. The lowest BCUT2D eigenvalue weighted by Crippen LogP contribution is -2.33. The van der Waals surface area contributed by atoms with Gasteiger partial charge in [0.1, 0.15) is 5.52 Å². The number of aryl methyl sites for hydroxylation is 1. The van der Waals surface area contributed by atoms with Crippen LogP contribution in [0.1, 0.15) is 25.5 Å². The first-order valence-electron chi connectivity index (χ1n) is 6.94. The van der Waals surface area contributed by atoms with E-state index in [4.69, 9.17) is 0 Å². The van der Waals surface area contributed by atoms with Crippen molar-refractivity contribution < 1.29 is 0 Å². The van der Waals surface area contributed by atoms with Crippen molar-refractivity contribution >= 4 is 5.52 Å². The van der Waals surface area contributed by atoms with Gasteiger partial charge in [0.25, 0.3) is 5.56 Å². The van der Waals surface area contributed by atoms with Gasteiger partial charge in [-0.25, -0.2) is 4.52 Å². The summed E-state index contributed by atoms with van der Waals surface area (Å²) in [5.41, 5.74) is 1.55. The molecule has 1 fully saturated rings. The predicted octanol–water partition coefficient (Wildman–Crippen LogP) is 1.19. The molecule has 0 radical (unpaired) electrons. The molecule has 2 aromatic rings. The van der Waals surface area contributed by atoms with Crippen molar-refractivity contribution in [1.82, 2.24) is 19.5 Å². The van der Waals surface area contributed by atoms with E-state index in [0.29, 0.717) is 18.1 Å². The van der Waals surface area contributed by atoms with Crippen molar-refractivity contribution in [1.29, 1.82) is 0 Å². The molecule has 1 N–H and O–H groups in total. The maximum Gasteiger partial charge on any atom is 0.276 e. The summed E-state index contributed by atoms with van der Waals surface area (Å²) in [5, 5.41) is 7.73. The second-order valence-electron chi connectivity index (χ2n) is 5.49. The molecule has 0 saturated heterocycles. The minimum Gasteiger partial charge on any atom is -0.312 e. The zero-order valence-electron chi connectivity index (χ0n) is 11.5. The topological polar surface area (TPSA) is 51.3 Å². The van der Waals surface area contributed by atoms with Crippen LogP contribution in [0, 0.1) is 12.8 Å². The van der Waals surface area contributed by atoms with Crippen LogP contribution < -0.4 is 10.9 Å². The molecule has 0 aliphatic heterocycles. The van der Waals surface area contributed by atoms with Crippen LogP contribution in [0.2, 0.25) is 0 Å². The van der Waals surface area contributed by atoms with Gasteiger partial charge in [0.15, 0.2) is 0 Å². The number of hydrogen-bond acceptors (Lipinski definition) is 3. The lowest BCUT2D eigenvalue weighted by molar-refractivity contribution is 0.472. The van der Waals surface area contributed by atoms with Crippen LogP contribution in [-0.4, -0.2) is 26.8 Å². The molecule has 2 aromatic heterocycles. The highest BCUT2D eigenvalue weighted by Gasteiger charge is 2.27. The van der Waals surface area contributed by atoms with Crippen molar-refractivity contribution in [2.75, 3.05) is 6.54 Å². The monoisotopic (exact) mass is 260 g/mol. The molecule has 5 nitrogen and oxygen atoms in total. The molecule has 3 rings (SSSR count). The van der Waals surface area contributed by atoms with Crippen molar-refractivity contribution in [3.8, 4) is 0 Å². The molecule has 2 heterocycles. The highest BCUT2D eigenvalue weighted by molar-refractivity contribution is 5.44. The van der Waals surface area contributed by atoms with Crippen LogP contribution in [0.4, 0.5) is 0 Å². The summed E-state index contributed by atoms with van der Waals surface area (Å²) in [4.78, 5) is 12.2. The molecule has 0 aromatic carbocycles. The Bertz CT molecular complexity index is 638. The smallest absolute Gasteiger partial charge is 0.276 e. The lowest BCUT2D eigenvalue weighted by Gasteiger charge is -2.13. The number of nitrogens with one attached hydrogen (secondary N) is 1. The Kier molecular flexibility index (Phi) is 3.14. The van der Waals surface area contributed by atoms with E-state index in [1.54, 1.807) is 9.08 Å². The quantitative estimate of drug-likeness (QED) is 0.878. The Morgan fingerprint density at radius 2 is 2.26 bits per heavy atom. The number of hydrogen-bond donors (Lipinski definition) is 1. The summed E-state index contributed by atoms with van der Waals surface area (Å²) in [5.74, 6) is 0.844. The molecule has 1 saturated carbocycles. The largest absolute Gasteiger partial charge is 0.312 e. The SMILES string of the molecule is Cc1cc2c(=O)n(CCNC(C)C3CC3)ccn2n1. The van der Waals surface area contributed by atoms with E-state index >= 15 is 0 Å². The molecular formula is C14H20N4O. The molecule has 1 atom stereocenters. The highest BCUT2D eigenvalue weighted by atomic mass is 16.1. The van der Waals surface area contributed by atoms with Gasteiger partial charge in [-0.2, -0.15) is 5.10 Å². The van der Waals surface area contributed by atoms with Gasteiger partial charge in [-0.15, -0.1) is 0 Å². The van der Waals surface area contributed by atoms with Crippen LogP contribution in [0.25, 0.3) is 5.52 Å². The van der Waals surface area contributed by atoms with E-state index in [1.807, 2.05) is 25.4 Å². The predicted molar refractivity (Wildman–Crippen MR) is 74.4 cm³/mol. The van der Waals surface area contributed by atoms with Gasteiger partial charge in [-0.05, 0) is 38.7 Å². The van der Waals surface area contributed by atoms with Crippen molar-refractivity contribution in [3.05, 3.63) is 34.5 Å². The number of fused-ring (bicyclic) bond motifs is 1. The summed E-state index contributed by atoms with van der Waals surface area (Å²) in [6.07, 6.45) is 6.34. The van der Waals surface area contributed by atoms with Gasteiger partial charge in [0.2, 0.25) is 0 Å². The van der Waals surface area contributed by atoms with Crippen molar-refractivity contribution in [2.24, 2.45) is 5.92 Å². The fourth-order valence-corrected chi connectivity index (χ4v) is 2.50. The van der Waals surface area contributed by atoms with E-state index in [-0.39, 0.29) is 5.56 Å². The Balaban J connectivity index is 1.70. The van der Waals surface area contributed by atoms with E-state index < -0.39 is 0 Å². The third-order valence-electron chi connectivity index (χ3n) is 3.87. The number of nitrogens with zero attached hydrogens (tertiary/aromatic N) is 3. The Morgan fingerprint density at radius 1 is 1.47 bits per heavy atom. The molecule has 5 heteroatoms. The zero-order valence-corrected chi connectivity index (χ0v) is 11.5.